The highest BCUT2D eigenvalue weighted by Gasteiger charge is 2.13. The average molecular weight is 583 g/mol. The molecule has 0 atom stereocenters. The number of esters is 1. The third-order valence-corrected chi connectivity index (χ3v) is 7.20. The van der Waals surface area contributed by atoms with Crippen LogP contribution in [0.5, 0.6) is 11.5 Å². The summed E-state index contributed by atoms with van der Waals surface area (Å²) in [5.74, 6) is 0.709. The largest absolute Gasteiger partial charge is 0.487 e. The van der Waals surface area contributed by atoms with Crippen molar-refractivity contribution < 1.29 is 33.2 Å². The van der Waals surface area contributed by atoms with Crippen molar-refractivity contribution in [1.29, 1.82) is 0 Å². The molecule has 0 bridgehead atoms. The first-order valence-electron chi connectivity index (χ1n) is 15.5. The molecule has 1 aliphatic rings. The second-order valence-corrected chi connectivity index (χ2v) is 10.4. The van der Waals surface area contributed by atoms with E-state index in [1.54, 1.807) is 18.2 Å². The normalized spacial score (nSPS) is 15.1. The molecule has 0 amide bonds. The molecular weight excluding hydrogens is 536 g/mol. The van der Waals surface area contributed by atoms with Crippen LogP contribution in [0.15, 0.2) is 48.8 Å². The molecule has 3 aromatic rings. The molecule has 9 heteroatoms. The van der Waals surface area contributed by atoms with Crippen molar-refractivity contribution in [2.24, 2.45) is 0 Å². The van der Waals surface area contributed by atoms with Gasteiger partial charge in [0, 0.05) is 6.54 Å². The Hall–Kier alpha value is -3.14. The van der Waals surface area contributed by atoms with E-state index in [1.807, 2.05) is 12.4 Å². The Morgan fingerprint density at radius 2 is 1.29 bits per heavy atom. The lowest BCUT2D eigenvalue weighted by atomic mass is 10.1. The molecule has 42 heavy (non-hydrogen) atoms. The van der Waals surface area contributed by atoms with E-state index in [0.29, 0.717) is 76.5 Å². The zero-order chi connectivity index (χ0) is 29.1. The van der Waals surface area contributed by atoms with Crippen molar-refractivity contribution in [3.63, 3.8) is 0 Å². The number of aryl methyl sites for hydroxylation is 1. The molecule has 0 N–H and O–H groups in total. The predicted octanol–water partition coefficient (Wildman–Crippen LogP) is 6.23. The summed E-state index contributed by atoms with van der Waals surface area (Å²) >= 11 is 0. The van der Waals surface area contributed by atoms with Crippen LogP contribution in [0.2, 0.25) is 0 Å². The van der Waals surface area contributed by atoms with Crippen LogP contribution in [0.3, 0.4) is 0 Å². The van der Waals surface area contributed by atoms with Gasteiger partial charge in [-0.05, 0) is 43.2 Å². The predicted molar refractivity (Wildman–Crippen MR) is 161 cm³/mol. The zero-order valence-electron chi connectivity index (χ0n) is 24.8. The summed E-state index contributed by atoms with van der Waals surface area (Å²) in [6.07, 6.45) is 12.5. The van der Waals surface area contributed by atoms with Gasteiger partial charge in [-0.15, -0.1) is 0 Å². The van der Waals surface area contributed by atoms with Crippen molar-refractivity contribution in [2.45, 2.75) is 64.3 Å². The number of hydrogen-bond acceptors (Lipinski definition) is 8. The number of carbonyl (C=O) groups excluding carboxylic acids is 1. The maximum Gasteiger partial charge on any atom is 0.338 e. The highest BCUT2D eigenvalue weighted by Crippen LogP contribution is 2.29. The van der Waals surface area contributed by atoms with E-state index in [0.717, 1.165) is 24.9 Å². The summed E-state index contributed by atoms with van der Waals surface area (Å²) in [5.41, 5.74) is 2.74. The lowest BCUT2D eigenvalue weighted by Crippen LogP contribution is -2.13. The number of para-hydroxylation sites is 2. The third kappa shape index (κ3) is 11.3. The number of hydrogen-bond donors (Lipinski definition) is 0. The topological polar surface area (TPSA) is 90.3 Å². The van der Waals surface area contributed by atoms with Gasteiger partial charge in [0.1, 0.15) is 13.2 Å². The summed E-state index contributed by atoms with van der Waals surface area (Å²) < 4.78 is 35.9. The highest BCUT2D eigenvalue weighted by molar-refractivity contribution is 5.90. The maximum absolute atomic E-state index is 12.6. The second kappa shape index (κ2) is 19.1. The van der Waals surface area contributed by atoms with Crippen LogP contribution in [0.1, 0.15) is 68.1 Å². The maximum atomic E-state index is 12.6. The van der Waals surface area contributed by atoms with Gasteiger partial charge in [-0.2, -0.15) is 0 Å². The van der Waals surface area contributed by atoms with E-state index in [-0.39, 0.29) is 5.97 Å². The van der Waals surface area contributed by atoms with Gasteiger partial charge >= 0.3 is 5.97 Å². The molecule has 0 unspecified atom stereocenters. The number of fused-ring (bicyclic) bond motifs is 2. The Bertz CT molecular complexity index is 1180. The summed E-state index contributed by atoms with van der Waals surface area (Å²) in [6.45, 7) is 5.05. The van der Waals surface area contributed by atoms with Crippen LogP contribution in [0, 0.1) is 0 Å². The minimum Gasteiger partial charge on any atom is -0.487 e. The molecular formula is C33H46N2O7. The highest BCUT2D eigenvalue weighted by atomic mass is 16.6. The van der Waals surface area contributed by atoms with E-state index in [1.165, 1.54) is 50.5 Å². The summed E-state index contributed by atoms with van der Waals surface area (Å²) in [6, 6.07) is 13.4. The Labute approximate surface area is 249 Å². The fraction of sp³-hybridized carbons (Fsp3) is 0.576. The number of benzene rings is 2. The van der Waals surface area contributed by atoms with Crippen LogP contribution in [-0.2, 0) is 25.5 Å². The first-order chi connectivity index (χ1) is 20.8. The second-order valence-electron chi connectivity index (χ2n) is 10.4. The number of aromatic nitrogens is 2. The lowest BCUT2D eigenvalue weighted by Gasteiger charge is -2.14. The monoisotopic (exact) mass is 582 g/mol. The number of imidazole rings is 1. The van der Waals surface area contributed by atoms with Crippen molar-refractivity contribution >= 4 is 17.0 Å². The van der Waals surface area contributed by atoms with Crippen LogP contribution < -0.4 is 9.47 Å². The van der Waals surface area contributed by atoms with E-state index in [9.17, 15) is 4.79 Å². The quantitative estimate of drug-likeness (QED) is 0.173. The zero-order valence-corrected chi connectivity index (χ0v) is 24.8. The fourth-order valence-electron chi connectivity index (χ4n) is 4.89. The first kappa shape index (κ1) is 31.8. The number of nitrogens with zero attached hydrogens (tertiary/aromatic N) is 2. The molecule has 1 aromatic heterocycles. The van der Waals surface area contributed by atoms with Gasteiger partial charge in [0.15, 0.2) is 11.5 Å². The number of unbranched alkanes of at least 4 members (excludes halogenated alkanes) is 8. The summed E-state index contributed by atoms with van der Waals surface area (Å²) in [4.78, 5) is 17.1. The lowest BCUT2D eigenvalue weighted by molar-refractivity contribution is 0.00708. The van der Waals surface area contributed by atoms with Crippen LogP contribution in [0.25, 0.3) is 11.0 Å². The number of ether oxygens (including phenoxy) is 6. The van der Waals surface area contributed by atoms with Gasteiger partial charge in [-0.3, -0.25) is 0 Å². The SMILES string of the molecule is O=C(OCCCCCCCCCCCn1cnc2ccccc21)c1ccc2c(c1)OCCOCCOCCOCCO2. The van der Waals surface area contributed by atoms with E-state index >= 15 is 0 Å². The molecule has 1 aliphatic heterocycles. The summed E-state index contributed by atoms with van der Waals surface area (Å²) in [5, 5.41) is 0. The van der Waals surface area contributed by atoms with Crippen LogP contribution in [-0.4, -0.2) is 75.0 Å². The minimum atomic E-state index is -0.349. The standard InChI is InChI=1S/C33H46N2O7/c36-33(28-14-15-31-32(26-28)41-25-23-39-21-19-37-18-20-38-22-24-40-31)42-17-11-7-5-3-1-2-4-6-10-16-35-27-34-29-12-8-9-13-30(29)35/h8-9,12-15,26-27H,1-7,10-11,16-25H2. The molecule has 4 rings (SSSR count). The van der Waals surface area contributed by atoms with Gasteiger partial charge in [-0.1, -0.05) is 57.1 Å². The molecule has 2 heterocycles. The smallest absolute Gasteiger partial charge is 0.338 e. The van der Waals surface area contributed by atoms with Crippen molar-refractivity contribution in [3.8, 4) is 11.5 Å². The van der Waals surface area contributed by atoms with Crippen LogP contribution in [0.4, 0.5) is 0 Å². The summed E-state index contributed by atoms with van der Waals surface area (Å²) in [7, 11) is 0. The van der Waals surface area contributed by atoms with Gasteiger partial charge in [-0.25, -0.2) is 9.78 Å². The Morgan fingerprint density at radius 1 is 0.690 bits per heavy atom. The average Bonchev–Trinajstić information content (AvgIpc) is 3.42. The van der Waals surface area contributed by atoms with Crippen molar-refractivity contribution in [3.05, 3.63) is 54.4 Å². The Kier molecular flexibility index (Phi) is 14.5. The Balaban J connectivity index is 1.05. The van der Waals surface area contributed by atoms with Gasteiger partial charge < -0.3 is 33.0 Å². The van der Waals surface area contributed by atoms with E-state index in [4.69, 9.17) is 28.4 Å². The molecule has 0 radical (unpaired) electrons. The number of carbonyl (C=O) groups is 1. The molecule has 0 fully saturated rings. The molecule has 0 aliphatic carbocycles. The molecule has 230 valence electrons. The number of rotatable bonds is 13. The van der Waals surface area contributed by atoms with E-state index in [2.05, 4.69) is 27.8 Å². The first-order valence-corrected chi connectivity index (χ1v) is 15.5. The fourth-order valence-corrected chi connectivity index (χ4v) is 4.89. The minimum absolute atomic E-state index is 0.342. The van der Waals surface area contributed by atoms with Crippen molar-refractivity contribution in [1.82, 2.24) is 9.55 Å². The Morgan fingerprint density at radius 3 is 2.00 bits per heavy atom. The molecule has 0 saturated carbocycles. The molecule has 0 spiro atoms. The molecule has 0 saturated heterocycles. The van der Waals surface area contributed by atoms with Gasteiger partial charge in [0.2, 0.25) is 0 Å². The van der Waals surface area contributed by atoms with Gasteiger partial charge in [0.05, 0.1) is 69.2 Å². The third-order valence-electron chi connectivity index (χ3n) is 7.20. The van der Waals surface area contributed by atoms with E-state index < -0.39 is 0 Å². The molecule has 9 nitrogen and oxygen atoms in total. The molecule has 2 aromatic carbocycles. The van der Waals surface area contributed by atoms with Gasteiger partial charge in [0.25, 0.3) is 0 Å². The van der Waals surface area contributed by atoms with Crippen molar-refractivity contribution in [2.75, 3.05) is 59.5 Å². The van der Waals surface area contributed by atoms with Crippen LogP contribution >= 0.6 is 0 Å².